The van der Waals surface area contributed by atoms with Gasteiger partial charge in [-0.1, -0.05) is 6.42 Å². The molecule has 1 fully saturated rings. The fourth-order valence-corrected chi connectivity index (χ4v) is 4.27. The topological polar surface area (TPSA) is 110 Å². The predicted molar refractivity (Wildman–Crippen MR) is 131 cm³/mol. The molecule has 36 heavy (non-hydrogen) atoms. The highest BCUT2D eigenvalue weighted by atomic mass is 19.1. The summed E-state index contributed by atoms with van der Waals surface area (Å²) in [7, 11) is 1.60. The van der Waals surface area contributed by atoms with E-state index in [2.05, 4.69) is 19.9 Å². The molecule has 4 aromatic rings. The quantitative estimate of drug-likeness (QED) is 0.347. The summed E-state index contributed by atoms with van der Waals surface area (Å²) >= 11 is 0. The Balaban J connectivity index is 1.33. The fraction of sp³-hybridized carbons (Fsp3) is 0.259. The number of nitrogens with zero attached hydrogens (tertiary/aromatic N) is 3. The monoisotopic (exact) mass is 488 g/mol. The number of nitrogens with one attached hydrogen (secondary N) is 1. The van der Waals surface area contributed by atoms with E-state index in [9.17, 15) is 9.90 Å². The molecule has 0 bridgehead atoms. The second-order valence-corrected chi connectivity index (χ2v) is 8.99. The van der Waals surface area contributed by atoms with Crippen LogP contribution in [0.25, 0.3) is 33.9 Å². The third-order valence-electron chi connectivity index (χ3n) is 6.70. The number of H-pyrrole nitrogens is 1. The van der Waals surface area contributed by atoms with E-state index in [1.807, 2.05) is 31.2 Å². The number of carboxylic acid groups (broad SMARTS) is 1. The summed E-state index contributed by atoms with van der Waals surface area (Å²) in [5.41, 5.74) is 3.00. The van der Waals surface area contributed by atoms with E-state index >= 15 is 4.39 Å². The average molecular weight is 489 g/mol. The Hall–Kier alpha value is -4.27. The Kier molecular flexibility index (Phi) is 6.13. The molecule has 0 saturated heterocycles. The van der Waals surface area contributed by atoms with Gasteiger partial charge in [0.1, 0.15) is 23.5 Å². The molecule has 0 unspecified atom stereocenters. The minimum Gasteiger partial charge on any atom is -0.497 e. The number of carbonyl (C=O) groups is 1. The van der Waals surface area contributed by atoms with Crippen LogP contribution in [-0.4, -0.2) is 44.7 Å². The van der Waals surface area contributed by atoms with E-state index in [4.69, 9.17) is 9.47 Å². The normalized spacial score (nSPS) is 14.2. The first-order valence-electron chi connectivity index (χ1n) is 11.6. The number of carboxylic acids is 1. The van der Waals surface area contributed by atoms with Crippen molar-refractivity contribution >= 4 is 5.97 Å². The van der Waals surface area contributed by atoms with Crippen molar-refractivity contribution in [3.8, 4) is 45.5 Å². The van der Waals surface area contributed by atoms with Crippen molar-refractivity contribution in [3.05, 3.63) is 66.4 Å². The van der Waals surface area contributed by atoms with Crippen LogP contribution in [-0.2, 0) is 4.79 Å². The first kappa shape index (κ1) is 23.5. The zero-order valence-electron chi connectivity index (χ0n) is 19.9. The minimum absolute atomic E-state index is 0.0840. The van der Waals surface area contributed by atoms with Gasteiger partial charge in [0.15, 0.2) is 11.6 Å². The molecule has 0 spiro atoms. The molecule has 0 amide bonds. The predicted octanol–water partition coefficient (Wildman–Crippen LogP) is 5.29. The number of imidazole rings is 1. The van der Waals surface area contributed by atoms with Crippen LogP contribution in [0.4, 0.5) is 4.39 Å². The van der Waals surface area contributed by atoms with Crippen molar-refractivity contribution in [1.82, 2.24) is 19.9 Å². The van der Waals surface area contributed by atoms with Crippen molar-refractivity contribution in [2.75, 3.05) is 13.7 Å². The van der Waals surface area contributed by atoms with Crippen molar-refractivity contribution in [3.63, 3.8) is 0 Å². The van der Waals surface area contributed by atoms with Gasteiger partial charge in [0.05, 0.1) is 19.0 Å². The smallest absolute Gasteiger partial charge is 0.313 e. The largest absolute Gasteiger partial charge is 0.497 e. The van der Waals surface area contributed by atoms with Crippen LogP contribution in [0.2, 0.25) is 0 Å². The number of rotatable bonds is 8. The fourth-order valence-electron chi connectivity index (χ4n) is 4.27. The van der Waals surface area contributed by atoms with Crippen LogP contribution < -0.4 is 9.47 Å². The summed E-state index contributed by atoms with van der Waals surface area (Å²) in [6.45, 7) is 1.94. The van der Waals surface area contributed by atoms with Crippen molar-refractivity contribution in [2.45, 2.75) is 26.2 Å². The maximum atomic E-state index is 15.1. The standard InChI is InChI=1S/C27H25FN4O4/c1-16-10-23(36-15-27(26(33)34)8-3-9-27)29-13-20(16)18-11-21(28)24(30-12-18)25-31-14-22(32-25)17-4-6-19(35-2)7-5-17/h4-7,10-14H,3,8-9,15H2,1-2H3,(H,31,32)(H,33,34). The van der Waals surface area contributed by atoms with Gasteiger partial charge in [-0.3, -0.25) is 4.79 Å². The molecular weight excluding hydrogens is 463 g/mol. The van der Waals surface area contributed by atoms with E-state index < -0.39 is 17.2 Å². The molecule has 0 radical (unpaired) electrons. The summed E-state index contributed by atoms with van der Waals surface area (Å²) < 4.78 is 26.0. The number of halogens is 1. The van der Waals surface area contributed by atoms with Crippen LogP contribution in [0.5, 0.6) is 11.6 Å². The Morgan fingerprint density at radius 1 is 1.08 bits per heavy atom. The Bertz CT molecular complexity index is 1410. The SMILES string of the molecule is COc1ccc(-c2cnc(-c3ncc(-c4cnc(OCC5(C(=O)O)CCC5)cc4C)cc3F)[nH]2)cc1. The van der Waals surface area contributed by atoms with Crippen LogP contribution in [0.1, 0.15) is 24.8 Å². The lowest BCUT2D eigenvalue weighted by Gasteiger charge is -2.36. The van der Waals surface area contributed by atoms with Crippen molar-refractivity contribution < 1.29 is 23.8 Å². The molecule has 0 atom stereocenters. The van der Waals surface area contributed by atoms with Gasteiger partial charge < -0.3 is 19.6 Å². The molecular formula is C27H25FN4O4. The Morgan fingerprint density at radius 3 is 2.47 bits per heavy atom. The van der Waals surface area contributed by atoms with E-state index in [-0.39, 0.29) is 12.3 Å². The van der Waals surface area contributed by atoms with E-state index in [1.165, 1.54) is 6.07 Å². The van der Waals surface area contributed by atoms with Crippen LogP contribution >= 0.6 is 0 Å². The van der Waals surface area contributed by atoms with Crippen LogP contribution in [0, 0.1) is 18.2 Å². The first-order chi connectivity index (χ1) is 17.4. The summed E-state index contributed by atoms with van der Waals surface area (Å²) in [5.74, 6) is 0.0589. The molecule has 9 heteroatoms. The third-order valence-corrected chi connectivity index (χ3v) is 6.70. The number of hydrogen-bond acceptors (Lipinski definition) is 6. The lowest BCUT2D eigenvalue weighted by molar-refractivity contribution is -0.157. The number of hydrogen-bond donors (Lipinski definition) is 2. The lowest BCUT2D eigenvalue weighted by Crippen LogP contribution is -2.43. The molecule has 1 aliphatic rings. The zero-order valence-corrected chi connectivity index (χ0v) is 19.9. The Morgan fingerprint density at radius 2 is 1.86 bits per heavy atom. The number of aryl methyl sites for hydroxylation is 1. The molecule has 0 aliphatic heterocycles. The van der Waals surface area contributed by atoms with E-state index in [0.29, 0.717) is 35.7 Å². The molecule has 184 valence electrons. The lowest BCUT2D eigenvalue weighted by atomic mass is 9.69. The van der Waals surface area contributed by atoms with Gasteiger partial charge in [0.25, 0.3) is 0 Å². The number of methoxy groups -OCH3 is 1. The summed E-state index contributed by atoms with van der Waals surface area (Å²) in [5, 5.41) is 9.46. The second kappa shape index (κ2) is 9.41. The van der Waals surface area contributed by atoms with Gasteiger partial charge in [0, 0.05) is 29.6 Å². The number of aromatic amines is 1. The average Bonchev–Trinajstić information content (AvgIpc) is 3.33. The molecule has 3 aromatic heterocycles. The molecule has 2 N–H and O–H groups in total. The van der Waals surface area contributed by atoms with Crippen LogP contribution in [0.15, 0.2) is 55.0 Å². The molecule has 1 saturated carbocycles. The number of benzene rings is 1. The first-order valence-corrected chi connectivity index (χ1v) is 11.6. The molecule has 8 nitrogen and oxygen atoms in total. The van der Waals surface area contributed by atoms with Crippen molar-refractivity contribution in [1.29, 1.82) is 0 Å². The second-order valence-electron chi connectivity index (χ2n) is 8.99. The summed E-state index contributed by atoms with van der Waals surface area (Å²) in [4.78, 5) is 27.6. The zero-order chi connectivity index (χ0) is 25.3. The summed E-state index contributed by atoms with van der Waals surface area (Å²) in [6.07, 6.45) is 6.89. The van der Waals surface area contributed by atoms with Crippen molar-refractivity contribution in [2.24, 2.45) is 5.41 Å². The minimum atomic E-state index is -0.837. The van der Waals surface area contributed by atoms with E-state index in [0.717, 1.165) is 29.0 Å². The van der Waals surface area contributed by atoms with Gasteiger partial charge in [-0.15, -0.1) is 0 Å². The van der Waals surface area contributed by atoms with Crippen LogP contribution in [0.3, 0.4) is 0 Å². The van der Waals surface area contributed by atoms with Gasteiger partial charge in [-0.2, -0.15) is 0 Å². The highest BCUT2D eigenvalue weighted by Crippen LogP contribution is 2.41. The molecule has 5 rings (SSSR count). The van der Waals surface area contributed by atoms with Gasteiger partial charge in [0.2, 0.25) is 5.88 Å². The number of pyridine rings is 2. The highest BCUT2D eigenvalue weighted by molar-refractivity contribution is 5.76. The molecule has 1 aliphatic carbocycles. The number of aliphatic carboxylic acids is 1. The summed E-state index contributed by atoms with van der Waals surface area (Å²) in [6, 6.07) is 10.6. The molecule has 3 heterocycles. The maximum absolute atomic E-state index is 15.1. The van der Waals surface area contributed by atoms with Gasteiger partial charge in [-0.05, 0) is 61.2 Å². The van der Waals surface area contributed by atoms with Gasteiger partial charge >= 0.3 is 5.97 Å². The van der Waals surface area contributed by atoms with E-state index in [1.54, 1.807) is 31.8 Å². The Labute approximate surface area is 207 Å². The maximum Gasteiger partial charge on any atom is 0.313 e. The third kappa shape index (κ3) is 4.39. The highest BCUT2D eigenvalue weighted by Gasteiger charge is 2.45. The van der Waals surface area contributed by atoms with Gasteiger partial charge in [-0.25, -0.2) is 19.3 Å². The number of aromatic nitrogens is 4. The molecule has 1 aromatic carbocycles. The number of ether oxygens (including phenoxy) is 2.